The Morgan fingerprint density at radius 3 is 2.60 bits per heavy atom. The molecule has 1 heterocycles. The van der Waals surface area contributed by atoms with Gasteiger partial charge in [-0.15, -0.1) is 0 Å². The molecule has 0 saturated carbocycles. The minimum atomic E-state index is -1.09. The van der Waals surface area contributed by atoms with Gasteiger partial charge in [-0.05, 0) is 12.1 Å². The first-order valence-electron chi connectivity index (χ1n) is 6.11. The van der Waals surface area contributed by atoms with Crippen molar-refractivity contribution in [2.45, 2.75) is 12.5 Å². The van der Waals surface area contributed by atoms with Gasteiger partial charge in [0.25, 0.3) is 5.91 Å². The van der Waals surface area contributed by atoms with E-state index in [0.29, 0.717) is 5.56 Å². The van der Waals surface area contributed by atoms with Crippen molar-refractivity contribution in [2.24, 2.45) is 0 Å². The first-order chi connectivity index (χ1) is 9.45. The van der Waals surface area contributed by atoms with E-state index in [2.05, 4.69) is 10.3 Å². The lowest BCUT2D eigenvalue weighted by atomic mass is 10.2. The maximum atomic E-state index is 11.9. The molecule has 0 aliphatic rings. The summed E-state index contributed by atoms with van der Waals surface area (Å²) in [5.74, 6) is -0.838. The molecule has 7 heteroatoms. The number of aliphatic carboxylic acids is 1. The Balaban J connectivity index is 2.70. The average Bonchev–Trinajstić information content (AvgIpc) is 2.42. The standard InChI is InChI=1S/C13H19N3O4/c1-16(2)11-5-4-9(8-14-11)12(17)15-10(13(18)19)6-7-20-3/h4-5,8,10H,6-7H2,1-3H3,(H,15,17)(H,18,19). The molecule has 0 fully saturated rings. The second kappa shape index (κ2) is 7.44. The van der Waals surface area contributed by atoms with Crippen LogP contribution in [0.1, 0.15) is 16.8 Å². The Hall–Kier alpha value is -2.15. The van der Waals surface area contributed by atoms with Gasteiger partial charge in [-0.3, -0.25) is 4.79 Å². The molecule has 0 aliphatic heterocycles. The highest BCUT2D eigenvalue weighted by atomic mass is 16.5. The number of aromatic nitrogens is 1. The van der Waals surface area contributed by atoms with Crippen LogP contribution in [0.25, 0.3) is 0 Å². The van der Waals surface area contributed by atoms with Crippen molar-refractivity contribution in [3.8, 4) is 0 Å². The Bertz CT molecular complexity index is 459. The van der Waals surface area contributed by atoms with Crippen LogP contribution in [0.3, 0.4) is 0 Å². The maximum absolute atomic E-state index is 11.9. The van der Waals surface area contributed by atoms with Gasteiger partial charge in [-0.1, -0.05) is 0 Å². The maximum Gasteiger partial charge on any atom is 0.326 e. The second-order valence-electron chi connectivity index (χ2n) is 4.45. The largest absolute Gasteiger partial charge is 0.480 e. The first kappa shape index (κ1) is 15.9. The van der Waals surface area contributed by atoms with Gasteiger partial charge in [-0.2, -0.15) is 0 Å². The van der Waals surface area contributed by atoms with Crippen LogP contribution in [-0.2, 0) is 9.53 Å². The summed E-state index contributed by atoms with van der Waals surface area (Å²) in [6.07, 6.45) is 1.63. The number of nitrogens with one attached hydrogen (secondary N) is 1. The number of anilines is 1. The van der Waals surface area contributed by atoms with Crippen molar-refractivity contribution >= 4 is 17.7 Å². The van der Waals surface area contributed by atoms with Crippen LogP contribution in [0, 0.1) is 0 Å². The summed E-state index contributed by atoms with van der Waals surface area (Å²) in [7, 11) is 5.16. The van der Waals surface area contributed by atoms with Crippen LogP contribution >= 0.6 is 0 Å². The Morgan fingerprint density at radius 1 is 1.45 bits per heavy atom. The van der Waals surface area contributed by atoms with Gasteiger partial charge < -0.3 is 20.1 Å². The summed E-state index contributed by atoms with van der Waals surface area (Å²) in [6, 6.07) is 2.32. The number of carbonyl (C=O) groups is 2. The van der Waals surface area contributed by atoms with Gasteiger partial charge in [0.05, 0.1) is 5.56 Å². The van der Waals surface area contributed by atoms with Gasteiger partial charge in [0, 0.05) is 40.4 Å². The summed E-state index contributed by atoms with van der Waals surface area (Å²) in [5.41, 5.74) is 0.319. The number of rotatable bonds is 7. The van der Waals surface area contributed by atoms with E-state index in [1.807, 2.05) is 14.1 Å². The number of carboxylic acid groups (broad SMARTS) is 1. The Morgan fingerprint density at radius 2 is 2.15 bits per heavy atom. The summed E-state index contributed by atoms with van der Waals surface area (Å²) in [4.78, 5) is 28.9. The fourth-order valence-corrected chi connectivity index (χ4v) is 1.52. The van der Waals surface area contributed by atoms with E-state index in [-0.39, 0.29) is 13.0 Å². The average molecular weight is 281 g/mol. The molecule has 20 heavy (non-hydrogen) atoms. The van der Waals surface area contributed by atoms with E-state index in [0.717, 1.165) is 5.82 Å². The van der Waals surface area contributed by atoms with Gasteiger partial charge in [0.2, 0.25) is 0 Å². The zero-order chi connectivity index (χ0) is 15.1. The molecule has 0 spiro atoms. The van der Waals surface area contributed by atoms with Crippen molar-refractivity contribution in [1.82, 2.24) is 10.3 Å². The van der Waals surface area contributed by atoms with Crippen LogP contribution in [0.15, 0.2) is 18.3 Å². The fourth-order valence-electron chi connectivity index (χ4n) is 1.52. The lowest BCUT2D eigenvalue weighted by molar-refractivity contribution is -0.139. The highest BCUT2D eigenvalue weighted by molar-refractivity contribution is 5.96. The summed E-state index contributed by atoms with van der Waals surface area (Å²) < 4.78 is 4.82. The molecule has 2 N–H and O–H groups in total. The van der Waals surface area contributed by atoms with E-state index in [9.17, 15) is 9.59 Å². The van der Waals surface area contributed by atoms with E-state index < -0.39 is 17.9 Å². The SMILES string of the molecule is COCCC(NC(=O)c1ccc(N(C)C)nc1)C(=O)O. The number of hydrogen-bond acceptors (Lipinski definition) is 5. The normalized spacial score (nSPS) is 11.8. The third-order valence-electron chi connectivity index (χ3n) is 2.68. The molecule has 1 amide bonds. The molecular formula is C13H19N3O4. The molecule has 110 valence electrons. The molecule has 1 aromatic heterocycles. The molecule has 0 aromatic carbocycles. The van der Waals surface area contributed by atoms with Crippen molar-refractivity contribution < 1.29 is 19.4 Å². The van der Waals surface area contributed by atoms with Crippen molar-refractivity contribution in [1.29, 1.82) is 0 Å². The van der Waals surface area contributed by atoms with Crippen LogP contribution in [0.5, 0.6) is 0 Å². The van der Waals surface area contributed by atoms with Crippen LogP contribution < -0.4 is 10.2 Å². The number of carbonyl (C=O) groups excluding carboxylic acids is 1. The van der Waals surface area contributed by atoms with Gasteiger partial charge in [0.15, 0.2) is 0 Å². The highest BCUT2D eigenvalue weighted by Crippen LogP contribution is 2.08. The highest BCUT2D eigenvalue weighted by Gasteiger charge is 2.20. The fraction of sp³-hybridized carbons (Fsp3) is 0.462. The molecule has 1 rings (SSSR count). The smallest absolute Gasteiger partial charge is 0.326 e. The predicted molar refractivity (Wildman–Crippen MR) is 73.9 cm³/mol. The third-order valence-corrected chi connectivity index (χ3v) is 2.68. The quantitative estimate of drug-likeness (QED) is 0.750. The number of amides is 1. The molecule has 0 bridgehead atoms. The molecule has 1 unspecified atom stereocenters. The van der Waals surface area contributed by atoms with E-state index in [1.54, 1.807) is 17.0 Å². The third kappa shape index (κ3) is 4.51. The lowest BCUT2D eigenvalue weighted by Gasteiger charge is -2.15. The Kier molecular flexibility index (Phi) is 5.92. The van der Waals surface area contributed by atoms with Crippen LogP contribution in [-0.4, -0.2) is 55.8 Å². The number of carboxylic acids is 1. The van der Waals surface area contributed by atoms with Gasteiger partial charge in [0.1, 0.15) is 11.9 Å². The number of hydrogen-bond donors (Lipinski definition) is 2. The number of pyridine rings is 1. The zero-order valence-electron chi connectivity index (χ0n) is 11.8. The minimum absolute atomic E-state index is 0.209. The first-order valence-corrected chi connectivity index (χ1v) is 6.11. The van der Waals surface area contributed by atoms with Crippen molar-refractivity contribution in [3.63, 3.8) is 0 Å². The van der Waals surface area contributed by atoms with Gasteiger partial charge in [-0.25, -0.2) is 9.78 Å². The van der Waals surface area contributed by atoms with E-state index in [4.69, 9.17) is 9.84 Å². The number of methoxy groups -OCH3 is 1. The summed E-state index contributed by atoms with van der Waals surface area (Å²) in [6.45, 7) is 0.259. The topological polar surface area (TPSA) is 91.8 Å². The van der Waals surface area contributed by atoms with E-state index >= 15 is 0 Å². The number of nitrogens with zero attached hydrogens (tertiary/aromatic N) is 2. The molecule has 0 aliphatic carbocycles. The molecule has 7 nitrogen and oxygen atoms in total. The Labute approximate surface area is 117 Å². The van der Waals surface area contributed by atoms with Crippen LogP contribution in [0.2, 0.25) is 0 Å². The van der Waals surface area contributed by atoms with Gasteiger partial charge >= 0.3 is 5.97 Å². The molecule has 1 aromatic rings. The summed E-state index contributed by atoms with van der Waals surface area (Å²) >= 11 is 0. The van der Waals surface area contributed by atoms with Crippen LogP contribution in [0.4, 0.5) is 5.82 Å². The monoisotopic (exact) mass is 281 g/mol. The van der Waals surface area contributed by atoms with Crippen molar-refractivity contribution in [2.75, 3.05) is 32.7 Å². The molecule has 0 radical (unpaired) electrons. The minimum Gasteiger partial charge on any atom is -0.480 e. The molecule has 1 atom stereocenters. The zero-order valence-corrected chi connectivity index (χ0v) is 11.8. The lowest BCUT2D eigenvalue weighted by Crippen LogP contribution is -2.41. The number of ether oxygens (including phenoxy) is 1. The second-order valence-corrected chi connectivity index (χ2v) is 4.45. The molecular weight excluding hydrogens is 262 g/mol. The van der Waals surface area contributed by atoms with E-state index in [1.165, 1.54) is 13.3 Å². The predicted octanol–water partition coefficient (Wildman–Crippen LogP) is 0.367. The van der Waals surface area contributed by atoms with Crippen molar-refractivity contribution in [3.05, 3.63) is 23.9 Å². The summed E-state index contributed by atoms with van der Waals surface area (Å²) in [5, 5.41) is 11.5. The molecule has 0 saturated heterocycles.